The summed E-state index contributed by atoms with van der Waals surface area (Å²) in [5.41, 5.74) is 3.25. The number of hydrogen-bond acceptors (Lipinski definition) is 2. The predicted octanol–water partition coefficient (Wildman–Crippen LogP) is 3.24. The standard InChI is InChI=1S/C15H13N3/c1-12-7-9-16-15(11-12)18-10-8-14(17-18)13-5-3-2-4-6-13/h2-11H,1H3. The molecule has 0 aliphatic carbocycles. The minimum Gasteiger partial charge on any atom is -0.237 e. The molecule has 0 saturated heterocycles. The molecule has 0 atom stereocenters. The van der Waals surface area contributed by atoms with Crippen LogP contribution in [0.1, 0.15) is 5.56 Å². The highest BCUT2D eigenvalue weighted by Crippen LogP contribution is 2.17. The van der Waals surface area contributed by atoms with Gasteiger partial charge in [0.05, 0.1) is 5.69 Å². The first-order valence-electron chi connectivity index (χ1n) is 5.87. The lowest BCUT2D eigenvalue weighted by Crippen LogP contribution is -1.98. The molecule has 3 nitrogen and oxygen atoms in total. The zero-order valence-corrected chi connectivity index (χ0v) is 10.1. The second-order valence-corrected chi connectivity index (χ2v) is 4.20. The van der Waals surface area contributed by atoms with Gasteiger partial charge in [0.15, 0.2) is 5.82 Å². The van der Waals surface area contributed by atoms with Crippen LogP contribution >= 0.6 is 0 Å². The van der Waals surface area contributed by atoms with Gasteiger partial charge in [0.1, 0.15) is 0 Å². The molecular formula is C15H13N3. The van der Waals surface area contributed by atoms with Crippen molar-refractivity contribution in [2.45, 2.75) is 6.92 Å². The Morgan fingerprint density at radius 2 is 1.83 bits per heavy atom. The molecule has 0 bridgehead atoms. The SMILES string of the molecule is Cc1ccnc(-n2ccc(-c3ccccc3)n2)c1. The van der Waals surface area contributed by atoms with E-state index in [4.69, 9.17) is 0 Å². The Labute approximate surface area is 106 Å². The molecule has 3 rings (SSSR count). The lowest BCUT2D eigenvalue weighted by atomic mass is 10.2. The fourth-order valence-electron chi connectivity index (χ4n) is 1.86. The maximum Gasteiger partial charge on any atom is 0.153 e. The molecule has 2 heterocycles. The summed E-state index contributed by atoms with van der Waals surface area (Å²) in [4.78, 5) is 4.32. The van der Waals surface area contributed by atoms with Gasteiger partial charge >= 0.3 is 0 Å². The van der Waals surface area contributed by atoms with Crippen LogP contribution in [0, 0.1) is 6.92 Å². The summed E-state index contributed by atoms with van der Waals surface area (Å²) in [5, 5.41) is 4.55. The first-order valence-corrected chi connectivity index (χ1v) is 5.87. The Hall–Kier alpha value is -2.42. The Bertz CT molecular complexity index is 656. The first-order chi connectivity index (χ1) is 8.83. The zero-order chi connectivity index (χ0) is 12.4. The normalized spacial score (nSPS) is 10.5. The average Bonchev–Trinajstić information content (AvgIpc) is 2.89. The molecule has 0 saturated carbocycles. The Balaban J connectivity index is 2.00. The summed E-state index contributed by atoms with van der Waals surface area (Å²) < 4.78 is 1.80. The van der Waals surface area contributed by atoms with Crippen LogP contribution in [0.15, 0.2) is 60.9 Å². The summed E-state index contributed by atoms with van der Waals surface area (Å²) >= 11 is 0. The van der Waals surface area contributed by atoms with Crippen LogP contribution < -0.4 is 0 Å². The molecule has 0 unspecified atom stereocenters. The molecular weight excluding hydrogens is 222 g/mol. The average molecular weight is 235 g/mol. The van der Waals surface area contributed by atoms with Crippen molar-refractivity contribution in [1.82, 2.24) is 14.8 Å². The van der Waals surface area contributed by atoms with E-state index in [-0.39, 0.29) is 0 Å². The van der Waals surface area contributed by atoms with Crippen LogP contribution in [-0.2, 0) is 0 Å². The van der Waals surface area contributed by atoms with Gasteiger partial charge in [-0.2, -0.15) is 5.10 Å². The third-order valence-electron chi connectivity index (χ3n) is 2.79. The first kappa shape index (κ1) is 10.7. The second kappa shape index (κ2) is 4.45. The zero-order valence-electron chi connectivity index (χ0n) is 10.1. The van der Waals surface area contributed by atoms with E-state index >= 15 is 0 Å². The number of rotatable bonds is 2. The quantitative estimate of drug-likeness (QED) is 0.682. The van der Waals surface area contributed by atoms with Crippen molar-refractivity contribution in [1.29, 1.82) is 0 Å². The van der Waals surface area contributed by atoms with E-state index in [1.54, 1.807) is 10.9 Å². The van der Waals surface area contributed by atoms with E-state index in [0.29, 0.717) is 0 Å². The van der Waals surface area contributed by atoms with Crippen LogP contribution in [0.4, 0.5) is 0 Å². The molecule has 3 heteroatoms. The Kier molecular flexibility index (Phi) is 2.65. The third kappa shape index (κ3) is 2.02. The van der Waals surface area contributed by atoms with Gasteiger partial charge in [-0.25, -0.2) is 9.67 Å². The second-order valence-electron chi connectivity index (χ2n) is 4.20. The molecule has 88 valence electrons. The van der Waals surface area contributed by atoms with Crippen molar-refractivity contribution >= 4 is 0 Å². The van der Waals surface area contributed by atoms with Crippen LogP contribution in [-0.4, -0.2) is 14.8 Å². The fourth-order valence-corrected chi connectivity index (χ4v) is 1.86. The van der Waals surface area contributed by atoms with E-state index in [1.165, 1.54) is 5.56 Å². The molecule has 0 aliphatic heterocycles. The lowest BCUT2D eigenvalue weighted by Gasteiger charge is -2.01. The maximum atomic E-state index is 4.55. The van der Waals surface area contributed by atoms with Crippen LogP contribution in [0.5, 0.6) is 0 Å². The summed E-state index contributed by atoms with van der Waals surface area (Å²) in [6, 6.07) is 16.1. The number of hydrogen-bond donors (Lipinski definition) is 0. The summed E-state index contributed by atoms with van der Waals surface area (Å²) in [5.74, 6) is 0.845. The van der Waals surface area contributed by atoms with Crippen molar-refractivity contribution in [2.75, 3.05) is 0 Å². The van der Waals surface area contributed by atoms with Crippen LogP contribution in [0.2, 0.25) is 0 Å². The van der Waals surface area contributed by atoms with Gasteiger partial charge in [0, 0.05) is 18.0 Å². The lowest BCUT2D eigenvalue weighted by molar-refractivity contribution is 0.848. The van der Waals surface area contributed by atoms with Gasteiger partial charge < -0.3 is 0 Å². The van der Waals surface area contributed by atoms with Gasteiger partial charge in [0.25, 0.3) is 0 Å². The molecule has 1 aromatic carbocycles. The van der Waals surface area contributed by atoms with Crippen molar-refractivity contribution in [3.05, 3.63) is 66.5 Å². The highest BCUT2D eigenvalue weighted by molar-refractivity contribution is 5.58. The number of aryl methyl sites for hydroxylation is 1. The minimum atomic E-state index is 0.845. The summed E-state index contributed by atoms with van der Waals surface area (Å²) in [6.07, 6.45) is 3.73. The Morgan fingerprint density at radius 3 is 2.61 bits per heavy atom. The van der Waals surface area contributed by atoms with Gasteiger partial charge in [-0.15, -0.1) is 0 Å². The van der Waals surface area contributed by atoms with E-state index in [2.05, 4.69) is 22.2 Å². The fraction of sp³-hybridized carbons (Fsp3) is 0.0667. The van der Waals surface area contributed by atoms with E-state index in [0.717, 1.165) is 17.1 Å². The molecule has 0 aliphatic rings. The highest BCUT2D eigenvalue weighted by atomic mass is 15.3. The van der Waals surface area contributed by atoms with E-state index < -0.39 is 0 Å². The summed E-state index contributed by atoms with van der Waals surface area (Å²) in [6.45, 7) is 2.05. The molecule has 3 aromatic rings. The number of benzene rings is 1. The van der Waals surface area contributed by atoms with Crippen LogP contribution in [0.25, 0.3) is 17.1 Å². The number of pyridine rings is 1. The topological polar surface area (TPSA) is 30.7 Å². The largest absolute Gasteiger partial charge is 0.237 e. The molecule has 0 N–H and O–H groups in total. The van der Waals surface area contributed by atoms with Gasteiger partial charge in [-0.1, -0.05) is 30.3 Å². The molecule has 0 spiro atoms. The molecule has 0 radical (unpaired) electrons. The number of nitrogens with zero attached hydrogens (tertiary/aromatic N) is 3. The molecule has 2 aromatic heterocycles. The monoisotopic (exact) mass is 235 g/mol. The van der Waals surface area contributed by atoms with Gasteiger partial charge in [-0.3, -0.25) is 0 Å². The minimum absolute atomic E-state index is 0.845. The molecule has 18 heavy (non-hydrogen) atoms. The highest BCUT2D eigenvalue weighted by Gasteiger charge is 2.03. The Morgan fingerprint density at radius 1 is 1.00 bits per heavy atom. The summed E-state index contributed by atoms with van der Waals surface area (Å²) in [7, 11) is 0. The van der Waals surface area contributed by atoms with E-state index in [1.807, 2.05) is 49.5 Å². The van der Waals surface area contributed by atoms with Gasteiger partial charge in [-0.05, 0) is 30.7 Å². The van der Waals surface area contributed by atoms with Gasteiger partial charge in [0.2, 0.25) is 0 Å². The molecule has 0 amide bonds. The van der Waals surface area contributed by atoms with Crippen molar-refractivity contribution in [3.8, 4) is 17.1 Å². The van der Waals surface area contributed by atoms with Crippen LogP contribution in [0.3, 0.4) is 0 Å². The predicted molar refractivity (Wildman–Crippen MR) is 71.5 cm³/mol. The van der Waals surface area contributed by atoms with Crippen molar-refractivity contribution in [3.63, 3.8) is 0 Å². The number of aromatic nitrogens is 3. The van der Waals surface area contributed by atoms with Crippen molar-refractivity contribution < 1.29 is 0 Å². The molecule has 0 fully saturated rings. The smallest absolute Gasteiger partial charge is 0.153 e. The van der Waals surface area contributed by atoms with Crippen molar-refractivity contribution in [2.24, 2.45) is 0 Å². The third-order valence-corrected chi connectivity index (χ3v) is 2.79. The van der Waals surface area contributed by atoms with E-state index in [9.17, 15) is 0 Å². The maximum absolute atomic E-state index is 4.55.